The van der Waals surface area contributed by atoms with Crippen molar-refractivity contribution in [2.24, 2.45) is 0 Å². The van der Waals surface area contributed by atoms with E-state index >= 15 is 0 Å². The second kappa shape index (κ2) is 6.92. The Hall–Kier alpha value is -2.20. The number of hydrogen-bond donors (Lipinski definition) is 1. The first kappa shape index (κ1) is 15.7. The van der Waals surface area contributed by atoms with Gasteiger partial charge in [-0.3, -0.25) is 4.90 Å². The second-order valence-corrected chi connectivity index (χ2v) is 5.92. The first-order valence-electron chi connectivity index (χ1n) is 8.02. The van der Waals surface area contributed by atoms with Gasteiger partial charge < -0.3 is 14.6 Å². The molecule has 0 radical (unpaired) electrons. The molecule has 0 spiro atoms. The number of benzene rings is 2. The monoisotopic (exact) mass is 313 g/mol. The molecule has 2 aromatic rings. The number of hydrogen-bond acceptors (Lipinski definition) is 4. The van der Waals surface area contributed by atoms with Crippen LogP contribution in [0.25, 0.3) is 0 Å². The highest BCUT2D eigenvalue weighted by atomic mass is 16.5. The fourth-order valence-electron chi connectivity index (χ4n) is 2.95. The van der Waals surface area contributed by atoms with E-state index < -0.39 is 0 Å². The summed E-state index contributed by atoms with van der Waals surface area (Å²) in [6, 6.07) is 13.5. The summed E-state index contributed by atoms with van der Waals surface area (Å²) >= 11 is 0. The van der Waals surface area contributed by atoms with Gasteiger partial charge in [-0.1, -0.05) is 25.1 Å². The number of fused-ring (bicyclic) bond motifs is 1. The Bertz CT molecular complexity index is 671. The molecule has 2 aromatic carbocycles. The summed E-state index contributed by atoms with van der Waals surface area (Å²) in [6.07, 6.45) is 1.10. The summed E-state index contributed by atoms with van der Waals surface area (Å²) in [7, 11) is 1.67. The molecule has 4 heteroatoms. The van der Waals surface area contributed by atoms with E-state index in [1.165, 1.54) is 0 Å². The van der Waals surface area contributed by atoms with Crippen LogP contribution in [0.1, 0.15) is 24.5 Å². The summed E-state index contributed by atoms with van der Waals surface area (Å²) in [5.41, 5.74) is 2.06. The molecular formula is C19H23NO3. The summed E-state index contributed by atoms with van der Waals surface area (Å²) < 4.78 is 11.5. The third-order valence-corrected chi connectivity index (χ3v) is 4.26. The lowest BCUT2D eigenvalue weighted by Gasteiger charge is -2.23. The summed E-state index contributed by atoms with van der Waals surface area (Å²) in [4.78, 5) is 2.31. The van der Waals surface area contributed by atoms with Crippen LogP contribution < -0.4 is 9.47 Å². The standard InChI is InChI=1S/C19H23NO3/c1-3-16-13-20(11-14-6-4-5-7-18(14)21)12-15-10-17(22-2)8-9-19(15)23-16/h4-10,16,21H,3,11-13H2,1-2H3. The van der Waals surface area contributed by atoms with Gasteiger partial charge >= 0.3 is 0 Å². The van der Waals surface area contributed by atoms with Gasteiger partial charge in [-0.05, 0) is 30.7 Å². The van der Waals surface area contributed by atoms with Gasteiger partial charge in [-0.25, -0.2) is 0 Å². The van der Waals surface area contributed by atoms with E-state index in [9.17, 15) is 5.11 Å². The quantitative estimate of drug-likeness (QED) is 0.937. The number of rotatable bonds is 4. The van der Waals surface area contributed by atoms with Crippen LogP contribution in [0.3, 0.4) is 0 Å². The number of phenolic OH excluding ortho intramolecular Hbond substituents is 1. The molecule has 0 bridgehead atoms. The number of nitrogens with zero attached hydrogens (tertiary/aromatic N) is 1. The maximum absolute atomic E-state index is 10.0. The van der Waals surface area contributed by atoms with Crippen molar-refractivity contribution >= 4 is 0 Å². The Morgan fingerprint density at radius 1 is 1.26 bits per heavy atom. The lowest BCUT2D eigenvalue weighted by atomic mass is 10.1. The number of methoxy groups -OCH3 is 1. The molecule has 0 saturated carbocycles. The summed E-state index contributed by atoms with van der Waals surface area (Å²) in [5.74, 6) is 2.11. The average molecular weight is 313 g/mol. The molecular weight excluding hydrogens is 290 g/mol. The normalized spacial score (nSPS) is 17.9. The molecule has 0 amide bonds. The molecule has 0 aromatic heterocycles. The zero-order valence-electron chi connectivity index (χ0n) is 13.7. The fourth-order valence-corrected chi connectivity index (χ4v) is 2.95. The van der Waals surface area contributed by atoms with Crippen LogP contribution in [-0.4, -0.2) is 29.8 Å². The van der Waals surface area contributed by atoms with E-state index in [1.54, 1.807) is 13.2 Å². The Morgan fingerprint density at radius 3 is 2.83 bits per heavy atom. The third-order valence-electron chi connectivity index (χ3n) is 4.26. The van der Waals surface area contributed by atoms with Crippen LogP contribution in [-0.2, 0) is 13.1 Å². The highest BCUT2D eigenvalue weighted by Crippen LogP contribution is 2.31. The van der Waals surface area contributed by atoms with E-state index in [0.717, 1.165) is 42.1 Å². The van der Waals surface area contributed by atoms with Crippen molar-refractivity contribution in [1.29, 1.82) is 0 Å². The minimum Gasteiger partial charge on any atom is -0.508 e. The SMILES string of the molecule is CCC1CN(Cc2ccccc2O)Cc2cc(OC)ccc2O1. The Morgan fingerprint density at radius 2 is 2.09 bits per heavy atom. The van der Waals surface area contributed by atoms with Gasteiger partial charge in [0, 0.05) is 30.8 Å². The molecule has 1 aliphatic rings. The van der Waals surface area contributed by atoms with Crippen LogP contribution in [0.15, 0.2) is 42.5 Å². The van der Waals surface area contributed by atoms with Crippen LogP contribution in [0.2, 0.25) is 0 Å². The van der Waals surface area contributed by atoms with Crippen molar-refractivity contribution in [1.82, 2.24) is 4.90 Å². The number of para-hydroxylation sites is 1. The second-order valence-electron chi connectivity index (χ2n) is 5.92. The molecule has 0 fully saturated rings. The predicted molar refractivity (Wildman–Crippen MR) is 89.9 cm³/mol. The van der Waals surface area contributed by atoms with Gasteiger partial charge in [0.1, 0.15) is 23.4 Å². The Kier molecular flexibility index (Phi) is 4.72. The van der Waals surface area contributed by atoms with Crippen LogP contribution in [0, 0.1) is 0 Å². The van der Waals surface area contributed by atoms with E-state index in [4.69, 9.17) is 9.47 Å². The molecule has 1 unspecified atom stereocenters. The Labute approximate surface area is 137 Å². The minimum absolute atomic E-state index is 0.149. The smallest absolute Gasteiger partial charge is 0.124 e. The first-order valence-corrected chi connectivity index (χ1v) is 8.02. The average Bonchev–Trinajstić information content (AvgIpc) is 2.74. The molecule has 122 valence electrons. The molecule has 23 heavy (non-hydrogen) atoms. The maximum Gasteiger partial charge on any atom is 0.124 e. The van der Waals surface area contributed by atoms with E-state index in [-0.39, 0.29) is 6.10 Å². The highest BCUT2D eigenvalue weighted by molar-refractivity contribution is 5.41. The minimum atomic E-state index is 0.149. The van der Waals surface area contributed by atoms with Gasteiger partial charge in [-0.15, -0.1) is 0 Å². The lowest BCUT2D eigenvalue weighted by Crippen LogP contribution is -2.32. The molecule has 1 aliphatic heterocycles. The number of aromatic hydroxyl groups is 1. The lowest BCUT2D eigenvalue weighted by molar-refractivity contribution is 0.138. The van der Waals surface area contributed by atoms with Crippen molar-refractivity contribution in [2.75, 3.05) is 13.7 Å². The van der Waals surface area contributed by atoms with E-state index in [0.29, 0.717) is 12.3 Å². The van der Waals surface area contributed by atoms with E-state index in [2.05, 4.69) is 11.8 Å². The third kappa shape index (κ3) is 3.59. The zero-order valence-corrected chi connectivity index (χ0v) is 13.7. The molecule has 0 aliphatic carbocycles. The van der Waals surface area contributed by atoms with Crippen molar-refractivity contribution in [3.05, 3.63) is 53.6 Å². The van der Waals surface area contributed by atoms with Crippen LogP contribution >= 0.6 is 0 Å². The highest BCUT2D eigenvalue weighted by Gasteiger charge is 2.23. The molecule has 1 N–H and O–H groups in total. The first-order chi connectivity index (χ1) is 11.2. The van der Waals surface area contributed by atoms with Crippen molar-refractivity contribution in [2.45, 2.75) is 32.5 Å². The van der Waals surface area contributed by atoms with Gasteiger partial charge in [0.2, 0.25) is 0 Å². The number of phenols is 1. The van der Waals surface area contributed by atoms with Crippen molar-refractivity contribution in [3.8, 4) is 17.2 Å². The fraction of sp³-hybridized carbons (Fsp3) is 0.368. The van der Waals surface area contributed by atoms with Gasteiger partial charge in [-0.2, -0.15) is 0 Å². The largest absolute Gasteiger partial charge is 0.508 e. The topological polar surface area (TPSA) is 41.9 Å². The Balaban J connectivity index is 1.87. The van der Waals surface area contributed by atoms with E-state index in [1.807, 2.05) is 36.4 Å². The molecule has 3 rings (SSSR count). The molecule has 1 atom stereocenters. The summed E-state index contributed by atoms with van der Waals surface area (Å²) in [5, 5.41) is 10.0. The van der Waals surface area contributed by atoms with Crippen LogP contribution in [0.4, 0.5) is 0 Å². The van der Waals surface area contributed by atoms with Crippen molar-refractivity contribution in [3.63, 3.8) is 0 Å². The maximum atomic E-state index is 10.0. The van der Waals surface area contributed by atoms with Gasteiger partial charge in [0.15, 0.2) is 0 Å². The summed E-state index contributed by atoms with van der Waals surface area (Å²) in [6.45, 7) is 4.44. The predicted octanol–water partition coefficient (Wildman–Crippen LogP) is 3.57. The molecule has 1 heterocycles. The van der Waals surface area contributed by atoms with Gasteiger partial charge in [0.25, 0.3) is 0 Å². The number of ether oxygens (including phenoxy) is 2. The van der Waals surface area contributed by atoms with Gasteiger partial charge in [0.05, 0.1) is 7.11 Å². The molecule has 4 nitrogen and oxygen atoms in total. The van der Waals surface area contributed by atoms with Crippen molar-refractivity contribution < 1.29 is 14.6 Å². The zero-order chi connectivity index (χ0) is 16.2. The van der Waals surface area contributed by atoms with Crippen LogP contribution in [0.5, 0.6) is 17.2 Å². The molecule has 0 saturated heterocycles.